The summed E-state index contributed by atoms with van der Waals surface area (Å²) < 4.78 is 0. The van der Waals surface area contributed by atoms with Crippen molar-refractivity contribution in [2.45, 2.75) is 31.2 Å². The maximum absolute atomic E-state index is 12.4. The minimum absolute atomic E-state index is 0.120. The van der Waals surface area contributed by atoms with E-state index in [1.54, 1.807) is 11.8 Å². The molecule has 0 bridgehead atoms. The first-order valence-electron chi connectivity index (χ1n) is 9.65. The van der Waals surface area contributed by atoms with Crippen LogP contribution in [0.5, 0.6) is 0 Å². The van der Waals surface area contributed by atoms with Crippen LogP contribution in [0, 0.1) is 12.8 Å². The number of aryl methyl sites for hydroxylation is 1. The van der Waals surface area contributed by atoms with Crippen molar-refractivity contribution in [3.63, 3.8) is 0 Å². The summed E-state index contributed by atoms with van der Waals surface area (Å²) in [7, 11) is 0. The van der Waals surface area contributed by atoms with Crippen molar-refractivity contribution in [1.82, 2.24) is 10.2 Å². The molecule has 2 aromatic rings. The molecule has 0 spiro atoms. The highest BCUT2D eigenvalue weighted by Gasteiger charge is 2.24. The van der Waals surface area contributed by atoms with Crippen LogP contribution in [-0.4, -0.2) is 36.2 Å². The van der Waals surface area contributed by atoms with Gasteiger partial charge in [-0.05, 0) is 62.7 Å². The highest BCUT2D eigenvalue weighted by Crippen LogP contribution is 2.25. The lowest BCUT2D eigenvalue weighted by Crippen LogP contribution is -2.40. The Morgan fingerprint density at radius 2 is 1.82 bits per heavy atom. The molecule has 3 nitrogen and oxygen atoms in total. The Hall–Kier alpha value is -1.20. The Morgan fingerprint density at radius 3 is 2.50 bits per heavy atom. The summed E-state index contributed by atoms with van der Waals surface area (Å²) in [6, 6.07) is 14.3. The van der Waals surface area contributed by atoms with Gasteiger partial charge in [0.25, 0.3) is 0 Å². The Balaban J connectivity index is 1.35. The number of halogens is 2. The third-order valence-corrected chi connectivity index (χ3v) is 6.79. The molecule has 1 heterocycles. The quantitative estimate of drug-likeness (QED) is 0.464. The summed E-state index contributed by atoms with van der Waals surface area (Å²) in [6.07, 6.45) is 1.80. The molecule has 1 saturated heterocycles. The number of nitrogens with one attached hydrogen (secondary N) is 1. The van der Waals surface area contributed by atoms with Gasteiger partial charge in [0.15, 0.2) is 0 Å². The van der Waals surface area contributed by atoms with Crippen molar-refractivity contribution in [2.24, 2.45) is 5.92 Å². The Bertz CT molecular complexity index is 790. The van der Waals surface area contributed by atoms with Gasteiger partial charge in [0.2, 0.25) is 5.91 Å². The van der Waals surface area contributed by atoms with Gasteiger partial charge in [-0.25, -0.2) is 0 Å². The van der Waals surface area contributed by atoms with E-state index in [0.717, 1.165) is 43.8 Å². The second-order valence-corrected chi connectivity index (χ2v) is 9.23. The first-order chi connectivity index (χ1) is 13.5. The average Bonchev–Trinajstić information content (AvgIpc) is 2.70. The topological polar surface area (TPSA) is 32.3 Å². The van der Waals surface area contributed by atoms with E-state index in [-0.39, 0.29) is 11.8 Å². The number of rotatable bonds is 7. The fraction of sp³-hybridized carbons (Fsp3) is 0.409. The molecule has 2 aromatic carbocycles. The number of amides is 1. The van der Waals surface area contributed by atoms with Crippen LogP contribution < -0.4 is 5.32 Å². The van der Waals surface area contributed by atoms with E-state index in [4.69, 9.17) is 23.2 Å². The van der Waals surface area contributed by atoms with Crippen LogP contribution in [0.25, 0.3) is 0 Å². The summed E-state index contributed by atoms with van der Waals surface area (Å²) in [4.78, 5) is 16.0. The third-order valence-electron chi connectivity index (χ3n) is 5.04. The molecular formula is C22H26Cl2N2OS. The molecule has 1 aliphatic heterocycles. The molecule has 0 saturated carbocycles. The van der Waals surface area contributed by atoms with Crippen LogP contribution in [0.2, 0.25) is 10.0 Å². The molecule has 3 rings (SSSR count). The molecule has 0 aliphatic carbocycles. The lowest BCUT2D eigenvalue weighted by molar-refractivity contribution is -0.126. The smallest absolute Gasteiger partial charge is 0.223 e. The minimum atomic E-state index is 0.120. The number of hydrogen-bond acceptors (Lipinski definition) is 3. The largest absolute Gasteiger partial charge is 0.355 e. The van der Waals surface area contributed by atoms with Gasteiger partial charge in [0.1, 0.15) is 0 Å². The van der Waals surface area contributed by atoms with Gasteiger partial charge in [0.05, 0.1) is 10.0 Å². The monoisotopic (exact) mass is 436 g/mol. The van der Waals surface area contributed by atoms with Crippen molar-refractivity contribution in [1.29, 1.82) is 0 Å². The van der Waals surface area contributed by atoms with Crippen LogP contribution >= 0.6 is 35.0 Å². The molecule has 0 radical (unpaired) electrons. The molecule has 28 heavy (non-hydrogen) atoms. The number of hydrogen-bond donors (Lipinski definition) is 1. The van der Waals surface area contributed by atoms with Crippen LogP contribution in [0.15, 0.2) is 47.4 Å². The van der Waals surface area contributed by atoms with Gasteiger partial charge in [-0.2, -0.15) is 0 Å². The predicted molar refractivity (Wildman–Crippen MR) is 119 cm³/mol. The molecular weight excluding hydrogens is 411 g/mol. The highest BCUT2D eigenvalue weighted by molar-refractivity contribution is 7.99. The number of carbonyl (C=O) groups excluding carboxylic acids is 1. The Morgan fingerprint density at radius 1 is 1.11 bits per heavy atom. The van der Waals surface area contributed by atoms with E-state index in [9.17, 15) is 4.79 Å². The number of likely N-dealkylation sites (tertiary alicyclic amines) is 1. The maximum atomic E-state index is 12.4. The second-order valence-electron chi connectivity index (χ2n) is 7.25. The van der Waals surface area contributed by atoms with Crippen molar-refractivity contribution >= 4 is 40.9 Å². The summed E-state index contributed by atoms with van der Waals surface area (Å²) in [6.45, 7) is 5.50. The van der Waals surface area contributed by atoms with Gasteiger partial charge in [0, 0.05) is 29.7 Å². The number of piperidine rings is 1. The van der Waals surface area contributed by atoms with Crippen LogP contribution in [0.1, 0.15) is 24.0 Å². The number of thioether (sulfide) groups is 1. The summed E-state index contributed by atoms with van der Waals surface area (Å²) in [5, 5.41) is 4.28. The van der Waals surface area contributed by atoms with E-state index in [1.807, 2.05) is 18.2 Å². The molecule has 6 heteroatoms. The Labute approximate surface area is 181 Å². The van der Waals surface area contributed by atoms with Gasteiger partial charge in [-0.3, -0.25) is 9.69 Å². The number of benzene rings is 2. The van der Waals surface area contributed by atoms with Crippen LogP contribution in [0.3, 0.4) is 0 Å². The fourth-order valence-corrected chi connectivity index (χ4v) is 4.46. The molecule has 0 atom stereocenters. The van der Waals surface area contributed by atoms with E-state index in [0.29, 0.717) is 16.6 Å². The van der Waals surface area contributed by atoms with Crippen LogP contribution in [-0.2, 0) is 11.3 Å². The fourth-order valence-electron chi connectivity index (χ4n) is 3.37. The van der Waals surface area contributed by atoms with Crippen molar-refractivity contribution < 1.29 is 4.79 Å². The zero-order valence-corrected chi connectivity index (χ0v) is 18.4. The standard InChI is InChI=1S/C22H26Cl2N2OS/c1-16-2-5-19(6-3-16)28-13-10-25-22(27)18-8-11-26(12-9-18)15-17-4-7-20(23)21(24)14-17/h2-7,14,18H,8-13,15H2,1H3,(H,25,27). The van der Waals surface area contributed by atoms with Crippen LogP contribution in [0.4, 0.5) is 0 Å². The SMILES string of the molecule is Cc1ccc(SCCNC(=O)C2CCN(Cc3ccc(Cl)c(Cl)c3)CC2)cc1. The first-order valence-corrected chi connectivity index (χ1v) is 11.4. The number of carbonyl (C=O) groups is 1. The Kier molecular flexibility index (Phi) is 8.10. The normalized spacial score (nSPS) is 15.5. The lowest BCUT2D eigenvalue weighted by atomic mass is 9.95. The summed E-state index contributed by atoms with van der Waals surface area (Å²) >= 11 is 13.9. The third kappa shape index (κ3) is 6.41. The molecule has 1 amide bonds. The van der Waals surface area contributed by atoms with E-state index >= 15 is 0 Å². The zero-order chi connectivity index (χ0) is 19.9. The van der Waals surface area contributed by atoms with Gasteiger partial charge in [-0.15, -0.1) is 11.8 Å². The van der Waals surface area contributed by atoms with Crippen molar-refractivity contribution in [3.05, 3.63) is 63.6 Å². The van der Waals surface area contributed by atoms with E-state index in [2.05, 4.69) is 41.4 Å². The van der Waals surface area contributed by atoms with E-state index in [1.165, 1.54) is 10.5 Å². The first kappa shape index (κ1) is 21.5. The van der Waals surface area contributed by atoms with Crippen molar-refractivity contribution in [3.8, 4) is 0 Å². The summed E-state index contributed by atoms with van der Waals surface area (Å²) in [5.74, 6) is 1.21. The molecule has 150 valence electrons. The molecule has 1 N–H and O–H groups in total. The highest BCUT2D eigenvalue weighted by atomic mass is 35.5. The predicted octanol–water partition coefficient (Wildman–Crippen LogP) is 5.42. The average molecular weight is 437 g/mol. The number of nitrogens with zero attached hydrogens (tertiary/aromatic N) is 1. The van der Waals surface area contributed by atoms with Gasteiger partial charge < -0.3 is 5.32 Å². The van der Waals surface area contributed by atoms with Gasteiger partial charge >= 0.3 is 0 Å². The van der Waals surface area contributed by atoms with Gasteiger partial charge in [-0.1, -0.05) is 47.0 Å². The summed E-state index contributed by atoms with van der Waals surface area (Å²) in [5.41, 5.74) is 2.42. The molecule has 1 aliphatic rings. The van der Waals surface area contributed by atoms with Crippen molar-refractivity contribution in [2.75, 3.05) is 25.4 Å². The second kappa shape index (κ2) is 10.5. The molecule has 0 aromatic heterocycles. The minimum Gasteiger partial charge on any atom is -0.355 e. The zero-order valence-electron chi connectivity index (χ0n) is 16.1. The van der Waals surface area contributed by atoms with E-state index < -0.39 is 0 Å². The molecule has 0 unspecified atom stereocenters. The maximum Gasteiger partial charge on any atom is 0.223 e. The molecule has 1 fully saturated rings. The lowest BCUT2D eigenvalue weighted by Gasteiger charge is -2.31.